The van der Waals surface area contributed by atoms with Gasteiger partial charge in [0.1, 0.15) is 0 Å². The number of nitrogens with zero attached hydrogens (tertiary/aromatic N) is 2. The van der Waals surface area contributed by atoms with Gasteiger partial charge in [-0.05, 0) is 31.2 Å². The predicted molar refractivity (Wildman–Crippen MR) is 73.3 cm³/mol. The average molecular weight is 263 g/mol. The van der Waals surface area contributed by atoms with Gasteiger partial charge in [0.25, 0.3) is 0 Å². The summed E-state index contributed by atoms with van der Waals surface area (Å²) in [6, 6.07) is 1.81. The number of hydrogen-bond acceptors (Lipinski definition) is 4. The highest BCUT2D eigenvalue weighted by Crippen LogP contribution is 2.31. The Bertz CT molecular complexity index is 476. The fraction of sp³-hybridized carbons (Fsp3) is 0.643. The van der Waals surface area contributed by atoms with Crippen molar-refractivity contribution in [3.63, 3.8) is 0 Å². The topological polar surface area (TPSA) is 75.1 Å². The minimum absolute atomic E-state index is 0.0477. The summed E-state index contributed by atoms with van der Waals surface area (Å²) in [6.07, 6.45) is 3.54. The summed E-state index contributed by atoms with van der Waals surface area (Å²) in [5, 5.41) is 12.3. The van der Waals surface area contributed by atoms with E-state index in [0.29, 0.717) is 29.5 Å². The Morgan fingerprint density at radius 3 is 2.79 bits per heavy atom. The summed E-state index contributed by atoms with van der Waals surface area (Å²) in [6.45, 7) is 6.28. The molecule has 3 unspecified atom stereocenters. The third-order valence-corrected chi connectivity index (χ3v) is 4.09. The van der Waals surface area contributed by atoms with Crippen molar-refractivity contribution in [3.05, 3.63) is 17.5 Å². The largest absolute Gasteiger partial charge is 0.477 e. The van der Waals surface area contributed by atoms with Gasteiger partial charge in [-0.3, -0.25) is 0 Å². The monoisotopic (exact) mass is 263 g/mol. The number of nitrogens with one attached hydrogen (secondary N) is 1. The molecule has 1 aliphatic rings. The third-order valence-electron chi connectivity index (χ3n) is 4.09. The highest BCUT2D eigenvalue weighted by Gasteiger charge is 2.27. The molecular weight excluding hydrogens is 242 g/mol. The second-order valence-corrected chi connectivity index (χ2v) is 5.54. The van der Waals surface area contributed by atoms with E-state index < -0.39 is 5.97 Å². The molecule has 0 bridgehead atoms. The summed E-state index contributed by atoms with van der Waals surface area (Å²) in [5.41, 5.74) is 0.720. The molecule has 104 valence electrons. The summed E-state index contributed by atoms with van der Waals surface area (Å²) in [7, 11) is 0. The lowest BCUT2D eigenvalue weighted by Gasteiger charge is -2.34. The Morgan fingerprint density at radius 2 is 2.11 bits per heavy atom. The summed E-state index contributed by atoms with van der Waals surface area (Å²) < 4.78 is 0. The molecule has 5 nitrogen and oxygen atoms in total. The molecule has 1 aliphatic carbocycles. The van der Waals surface area contributed by atoms with Gasteiger partial charge in [0.05, 0.1) is 0 Å². The number of hydrogen-bond donors (Lipinski definition) is 2. The molecule has 1 aromatic heterocycles. The zero-order valence-electron chi connectivity index (χ0n) is 11.7. The van der Waals surface area contributed by atoms with E-state index in [1.807, 2.05) is 0 Å². The van der Waals surface area contributed by atoms with Crippen LogP contribution in [0, 0.1) is 18.8 Å². The summed E-state index contributed by atoms with van der Waals surface area (Å²) in [5.74, 6) is 0.642. The first kappa shape index (κ1) is 13.8. The van der Waals surface area contributed by atoms with E-state index in [0.717, 1.165) is 6.42 Å². The van der Waals surface area contributed by atoms with Gasteiger partial charge in [-0.1, -0.05) is 26.7 Å². The van der Waals surface area contributed by atoms with Gasteiger partial charge in [0, 0.05) is 11.7 Å². The summed E-state index contributed by atoms with van der Waals surface area (Å²) >= 11 is 0. The molecule has 0 amide bonds. The predicted octanol–water partition coefficient (Wildman–Crippen LogP) is 2.72. The van der Waals surface area contributed by atoms with Crippen molar-refractivity contribution in [2.24, 2.45) is 11.8 Å². The Kier molecular flexibility index (Phi) is 4.02. The van der Waals surface area contributed by atoms with E-state index in [-0.39, 0.29) is 5.69 Å². The van der Waals surface area contributed by atoms with Crippen molar-refractivity contribution in [2.75, 3.05) is 5.32 Å². The Balaban J connectivity index is 2.16. The van der Waals surface area contributed by atoms with Crippen LogP contribution in [-0.2, 0) is 0 Å². The SMILES string of the molecule is Cc1cc(C(=O)O)nc(NC2CCCC(C)C2C)n1. The van der Waals surface area contributed by atoms with Gasteiger partial charge in [-0.2, -0.15) is 0 Å². The van der Waals surface area contributed by atoms with Crippen molar-refractivity contribution in [1.82, 2.24) is 9.97 Å². The molecule has 5 heteroatoms. The molecule has 0 aliphatic heterocycles. The minimum Gasteiger partial charge on any atom is -0.477 e. The van der Waals surface area contributed by atoms with Crippen LogP contribution < -0.4 is 5.32 Å². The third kappa shape index (κ3) is 3.22. The van der Waals surface area contributed by atoms with Crippen LogP contribution in [0.4, 0.5) is 5.95 Å². The van der Waals surface area contributed by atoms with Crippen LogP contribution in [0.1, 0.15) is 49.3 Å². The highest BCUT2D eigenvalue weighted by atomic mass is 16.4. The van der Waals surface area contributed by atoms with Crippen LogP contribution in [0.25, 0.3) is 0 Å². The van der Waals surface area contributed by atoms with Crippen LogP contribution in [0.5, 0.6) is 0 Å². The molecule has 1 fully saturated rings. The molecule has 0 radical (unpaired) electrons. The number of carbonyl (C=O) groups is 1. The van der Waals surface area contributed by atoms with E-state index in [9.17, 15) is 4.79 Å². The van der Waals surface area contributed by atoms with Crippen molar-refractivity contribution in [3.8, 4) is 0 Å². The van der Waals surface area contributed by atoms with Crippen molar-refractivity contribution in [1.29, 1.82) is 0 Å². The fourth-order valence-electron chi connectivity index (χ4n) is 2.69. The van der Waals surface area contributed by atoms with E-state index in [4.69, 9.17) is 5.11 Å². The standard InChI is InChI=1S/C14H21N3O2/c1-8-5-4-6-11(10(8)3)16-14-15-9(2)7-12(17-14)13(18)19/h7-8,10-11H,4-6H2,1-3H3,(H,18,19)(H,15,16,17). The molecule has 0 spiro atoms. The molecular formula is C14H21N3O2. The molecule has 3 atom stereocenters. The second-order valence-electron chi connectivity index (χ2n) is 5.54. The number of carboxylic acids is 1. The number of aromatic nitrogens is 2. The first-order valence-electron chi connectivity index (χ1n) is 6.83. The van der Waals surface area contributed by atoms with Crippen LogP contribution in [0.2, 0.25) is 0 Å². The maximum atomic E-state index is 11.0. The molecule has 1 heterocycles. The van der Waals surface area contributed by atoms with Crippen molar-refractivity contribution >= 4 is 11.9 Å². The van der Waals surface area contributed by atoms with Gasteiger partial charge in [0.2, 0.25) is 5.95 Å². The van der Waals surface area contributed by atoms with Gasteiger partial charge in [-0.15, -0.1) is 0 Å². The normalized spacial score (nSPS) is 27.0. The lowest BCUT2D eigenvalue weighted by Crippen LogP contribution is -2.35. The molecule has 0 saturated heterocycles. The lowest BCUT2D eigenvalue weighted by atomic mass is 9.78. The second kappa shape index (κ2) is 5.55. The van der Waals surface area contributed by atoms with Crippen LogP contribution in [-0.4, -0.2) is 27.1 Å². The van der Waals surface area contributed by atoms with Gasteiger partial charge in [0.15, 0.2) is 5.69 Å². The van der Waals surface area contributed by atoms with Crippen molar-refractivity contribution in [2.45, 2.75) is 46.1 Å². The lowest BCUT2D eigenvalue weighted by molar-refractivity contribution is 0.0690. The highest BCUT2D eigenvalue weighted by molar-refractivity contribution is 5.85. The fourth-order valence-corrected chi connectivity index (χ4v) is 2.69. The summed E-state index contributed by atoms with van der Waals surface area (Å²) in [4.78, 5) is 19.3. The Labute approximate surface area is 113 Å². The number of rotatable bonds is 3. The quantitative estimate of drug-likeness (QED) is 0.877. The zero-order valence-corrected chi connectivity index (χ0v) is 11.7. The molecule has 19 heavy (non-hydrogen) atoms. The number of aryl methyl sites for hydroxylation is 1. The number of aromatic carboxylic acids is 1. The number of carboxylic acid groups (broad SMARTS) is 1. The Morgan fingerprint density at radius 1 is 1.37 bits per heavy atom. The van der Waals surface area contributed by atoms with E-state index in [1.54, 1.807) is 6.92 Å². The van der Waals surface area contributed by atoms with Crippen LogP contribution in [0.15, 0.2) is 6.07 Å². The smallest absolute Gasteiger partial charge is 0.354 e. The van der Waals surface area contributed by atoms with Crippen molar-refractivity contribution < 1.29 is 9.90 Å². The molecule has 1 saturated carbocycles. The zero-order chi connectivity index (χ0) is 14.0. The molecule has 0 aromatic carbocycles. The maximum Gasteiger partial charge on any atom is 0.354 e. The van der Waals surface area contributed by atoms with E-state index in [2.05, 4.69) is 29.1 Å². The van der Waals surface area contributed by atoms with Gasteiger partial charge in [-0.25, -0.2) is 14.8 Å². The van der Waals surface area contributed by atoms with Gasteiger partial charge >= 0.3 is 5.97 Å². The first-order valence-corrected chi connectivity index (χ1v) is 6.83. The van der Waals surface area contributed by atoms with Crippen LogP contribution >= 0.6 is 0 Å². The maximum absolute atomic E-state index is 11.0. The van der Waals surface area contributed by atoms with E-state index >= 15 is 0 Å². The Hall–Kier alpha value is -1.65. The first-order chi connectivity index (χ1) is 8.97. The van der Waals surface area contributed by atoms with Crippen LogP contribution in [0.3, 0.4) is 0 Å². The molecule has 2 N–H and O–H groups in total. The molecule has 1 aromatic rings. The average Bonchev–Trinajstić information content (AvgIpc) is 2.34. The van der Waals surface area contributed by atoms with Gasteiger partial charge < -0.3 is 10.4 Å². The minimum atomic E-state index is -1.02. The molecule has 2 rings (SSSR count). The number of anilines is 1. The van der Waals surface area contributed by atoms with E-state index in [1.165, 1.54) is 18.9 Å².